The average Bonchev–Trinajstić information content (AvgIpc) is 2.39. The molecule has 0 aliphatic carbocycles. The van der Waals surface area contributed by atoms with Crippen LogP contribution in [0.5, 0.6) is 0 Å². The quantitative estimate of drug-likeness (QED) is 0.594. The molecular weight excluding hydrogens is 378 g/mol. The van der Waals surface area contributed by atoms with Gasteiger partial charge in [0.05, 0.1) is 36.4 Å². The van der Waals surface area contributed by atoms with E-state index in [1.165, 1.54) is 30.3 Å². The van der Waals surface area contributed by atoms with Crippen LogP contribution in [0.1, 0.15) is 0 Å². The smallest absolute Gasteiger partial charge is 0.262 e. The van der Waals surface area contributed by atoms with E-state index in [9.17, 15) is 8.42 Å². The number of hydrogen-bond donors (Lipinski definition) is 2. The van der Waals surface area contributed by atoms with E-state index in [1.54, 1.807) is 0 Å². The molecular formula is C12H8Cl4N2O2S. The third-order valence-corrected chi connectivity index (χ3v) is 5.27. The van der Waals surface area contributed by atoms with Crippen molar-refractivity contribution in [3.05, 3.63) is 50.4 Å². The molecule has 0 aliphatic heterocycles. The van der Waals surface area contributed by atoms with Crippen LogP contribution in [-0.2, 0) is 10.0 Å². The van der Waals surface area contributed by atoms with Gasteiger partial charge in [-0.05, 0) is 30.3 Å². The van der Waals surface area contributed by atoms with E-state index in [0.717, 1.165) is 0 Å². The van der Waals surface area contributed by atoms with Crippen molar-refractivity contribution >= 4 is 67.8 Å². The Morgan fingerprint density at radius 3 is 2.10 bits per heavy atom. The van der Waals surface area contributed by atoms with Crippen LogP contribution >= 0.6 is 46.4 Å². The molecule has 0 aromatic heterocycles. The second-order valence-electron chi connectivity index (χ2n) is 4.03. The van der Waals surface area contributed by atoms with Gasteiger partial charge in [0.1, 0.15) is 0 Å². The number of benzene rings is 2. The van der Waals surface area contributed by atoms with Gasteiger partial charge in [-0.15, -0.1) is 0 Å². The Kier molecular flexibility index (Phi) is 4.80. The molecule has 0 spiro atoms. The molecule has 0 bridgehead atoms. The average molecular weight is 386 g/mol. The largest absolute Gasteiger partial charge is 0.397 e. The van der Waals surface area contributed by atoms with Gasteiger partial charge in [-0.3, -0.25) is 4.72 Å². The van der Waals surface area contributed by atoms with Gasteiger partial charge in [-0.2, -0.15) is 0 Å². The Bertz CT molecular complexity index is 809. The van der Waals surface area contributed by atoms with Crippen LogP contribution in [0.4, 0.5) is 11.4 Å². The van der Waals surface area contributed by atoms with Crippen LogP contribution < -0.4 is 10.5 Å². The lowest BCUT2D eigenvalue weighted by molar-refractivity contribution is 0.601. The molecule has 9 heteroatoms. The fraction of sp³-hybridized carbons (Fsp3) is 0. The molecule has 0 atom stereocenters. The summed E-state index contributed by atoms with van der Waals surface area (Å²) in [6.07, 6.45) is 0. The van der Waals surface area contributed by atoms with E-state index in [1.807, 2.05) is 0 Å². The maximum Gasteiger partial charge on any atom is 0.262 e. The number of nitrogens with two attached hydrogens (primary N) is 1. The lowest BCUT2D eigenvalue weighted by Gasteiger charge is -2.11. The number of anilines is 2. The molecule has 3 N–H and O–H groups in total. The maximum absolute atomic E-state index is 12.3. The monoisotopic (exact) mass is 384 g/mol. The summed E-state index contributed by atoms with van der Waals surface area (Å²) < 4.78 is 26.9. The molecule has 2 aromatic rings. The van der Waals surface area contributed by atoms with Crippen molar-refractivity contribution in [1.82, 2.24) is 0 Å². The SMILES string of the molecule is Nc1cc(S(=O)(=O)Nc2cc(Cl)c(Cl)cc2Cl)ccc1Cl. The Labute approximate surface area is 141 Å². The van der Waals surface area contributed by atoms with Gasteiger partial charge in [0.2, 0.25) is 0 Å². The molecule has 0 saturated heterocycles. The second kappa shape index (κ2) is 6.10. The molecule has 112 valence electrons. The first kappa shape index (κ1) is 16.5. The van der Waals surface area contributed by atoms with E-state index < -0.39 is 10.0 Å². The van der Waals surface area contributed by atoms with Crippen molar-refractivity contribution in [2.45, 2.75) is 4.90 Å². The molecule has 21 heavy (non-hydrogen) atoms. The molecule has 0 unspecified atom stereocenters. The summed E-state index contributed by atoms with van der Waals surface area (Å²) in [6, 6.07) is 6.63. The topological polar surface area (TPSA) is 72.2 Å². The van der Waals surface area contributed by atoms with Gasteiger partial charge in [-0.25, -0.2) is 8.42 Å². The summed E-state index contributed by atoms with van der Waals surface area (Å²) in [5, 5.41) is 0.783. The van der Waals surface area contributed by atoms with Crippen LogP contribution in [0.15, 0.2) is 35.2 Å². The molecule has 0 radical (unpaired) electrons. The summed E-state index contributed by atoms with van der Waals surface area (Å²) >= 11 is 23.3. The molecule has 0 heterocycles. The molecule has 4 nitrogen and oxygen atoms in total. The van der Waals surface area contributed by atoms with Crippen molar-refractivity contribution in [2.24, 2.45) is 0 Å². The van der Waals surface area contributed by atoms with E-state index in [-0.39, 0.29) is 36.4 Å². The number of nitrogens with one attached hydrogen (secondary N) is 1. The van der Waals surface area contributed by atoms with E-state index >= 15 is 0 Å². The van der Waals surface area contributed by atoms with Gasteiger partial charge in [0.15, 0.2) is 0 Å². The summed E-state index contributed by atoms with van der Waals surface area (Å²) in [4.78, 5) is -0.0495. The molecule has 0 aliphatic rings. The van der Waals surface area contributed by atoms with Gasteiger partial charge in [0, 0.05) is 0 Å². The summed E-state index contributed by atoms with van der Waals surface area (Å²) in [5.74, 6) is 0. The molecule has 0 fully saturated rings. The zero-order valence-electron chi connectivity index (χ0n) is 10.2. The number of rotatable bonds is 3. The summed E-state index contributed by atoms with van der Waals surface area (Å²) in [7, 11) is -3.88. The first-order chi connectivity index (χ1) is 9.70. The van der Waals surface area contributed by atoms with Crippen molar-refractivity contribution in [1.29, 1.82) is 0 Å². The van der Waals surface area contributed by atoms with Crippen LogP contribution in [0.2, 0.25) is 20.1 Å². The van der Waals surface area contributed by atoms with Crippen LogP contribution in [0.25, 0.3) is 0 Å². The number of hydrogen-bond acceptors (Lipinski definition) is 3. The highest BCUT2D eigenvalue weighted by Gasteiger charge is 2.18. The summed E-state index contributed by atoms with van der Waals surface area (Å²) in [5.41, 5.74) is 5.86. The van der Waals surface area contributed by atoms with Crippen molar-refractivity contribution in [3.63, 3.8) is 0 Å². The fourth-order valence-corrected chi connectivity index (χ4v) is 3.37. The van der Waals surface area contributed by atoms with E-state index in [0.29, 0.717) is 0 Å². The second-order valence-corrected chi connectivity index (χ2v) is 7.35. The van der Waals surface area contributed by atoms with Crippen molar-refractivity contribution < 1.29 is 8.42 Å². The number of halogens is 4. The van der Waals surface area contributed by atoms with Crippen LogP contribution in [-0.4, -0.2) is 8.42 Å². The van der Waals surface area contributed by atoms with Crippen LogP contribution in [0, 0.1) is 0 Å². The maximum atomic E-state index is 12.3. The Morgan fingerprint density at radius 2 is 1.48 bits per heavy atom. The predicted molar refractivity (Wildman–Crippen MR) is 88.1 cm³/mol. The third kappa shape index (κ3) is 3.67. The number of sulfonamides is 1. The Balaban J connectivity index is 2.42. The highest BCUT2D eigenvalue weighted by Crippen LogP contribution is 2.33. The normalized spacial score (nSPS) is 11.4. The minimum Gasteiger partial charge on any atom is -0.397 e. The van der Waals surface area contributed by atoms with Gasteiger partial charge in [0.25, 0.3) is 10.0 Å². The third-order valence-electron chi connectivity index (χ3n) is 2.53. The lowest BCUT2D eigenvalue weighted by Crippen LogP contribution is -2.13. The van der Waals surface area contributed by atoms with Crippen molar-refractivity contribution in [3.8, 4) is 0 Å². The van der Waals surface area contributed by atoms with Gasteiger partial charge < -0.3 is 5.73 Å². The Hall–Kier alpha value is -0.850. The molecule has 0 amide bonds. The summed E-state index contributed by atoms with van der Waals surface area (Å²) in [6.45, 7) is 0. The van der Waals surface area contributed by atoms with Gasteiger partial charge in [-0.1, -0.05) is 46.4 Å². The Morgan fingerprint density at radius 1 is 0.857 bits per heavy atom. The minimum absolute atomic E-state index is 0.0495. The molecule has 2 aromatic carbocycles. The zero-order chi connectivity index (χ0) is 15.8. The lowest BCUT2D eigenvalue weighted by atomic mass is 10.3. The molecule has 0 saturated carbocycles. The molecule has 2 rings (SSSR count). The first-order valence-electron chi connectivity index (χ1n) is 5.43. The van der Waals surface area contributed by atoms with Crippen LogP contribution in [0.3, 0.4) is 0 Å². The van der Waals surface area contributed by atoms with Crippen molar-refractivity contribution in [2.75, 3.05) is 10.5 Å². The minimum atomic E-state index is -3.88. The standard InChI is InChI=1S/C12H8Cl4N2O2S/c13-7-2-1-6(3-11(7)17)21(19,20)18-12-5-9(15)8(14)4-10(12)16/h1-5,18H,17H2. The fourth-order valence-electron chi connectivity index (χ4n) is 1.49. The highest BCUT2D eigenvalue weighted by molar-refractivity contribution is 7.92. The predicted octanol–water partition coefficient (Wildman–Crippen LogP) is 4.68. The van der Waals surface area contributed by atoms with E-state index in [2.05, 4.69) is 4.72 Å². The van der Waals surface area contributed by atoms with E-state index in [4.69, 9.17) is 52.1 Å². The highest BCUT2D eigenvalue weighted by atomic mass is 35.5. The van der Waals surface area contributed by atoms with Gasteiger partial charge >= 0.3 is 0 Å². The number of nitrogen functional groups attached to an aromatic ring is 1. The first-order valence-corrected chi connectivity index (χ1v) is 8.42. The zero-order valence-corrected chi connectivity index (χ0v) is 14.0.